The van der Waals surface area contributed by atoms with Crippen LogP contribution in [0.2, 0.25) is 0 Å². The molecular formula is C16H19F3N4OS. The number of thiophene rings is 1. The molecular weight excluding hydrogens is 353 g/mol. The van der Waals surface area contributed by atoms with Gasteiger partial charge in [-0.15, -0.1) is 24.5 Å². The first kappa shape index (κ1) is 19.1. The fraction of sp³-hybridized carbons (Fsp3) is 0.312. The van der Waals surface area contributed by atoms with E-state index in [1.807, 2.05) is 36.5 Å². The Bertz CT molecular complexity index is 684. The number of alkyl halides is 3. The van der Waals surface area contributed by atoms with Crippen LogP contribution in [0.4, 0.5) is 18.9 Å². The number of likely N-dealkylation sites (N-methyl/N-ethyl adjacent to an activating group) is 1. The summed E-state index contributed by atoms with van der Waals surface area (Å²) in [5, 5.41) is 4.85. The first-order valence-corrected chi connectivity index (χ1v) is 8.25. The molecule has 5 nitrogen and oxygen atoms in total. The van der Waals surface area contributed by atoms with Crippen molar-refractivity contribution in [1.29, 1.82) is 0 Å². The summed E-state index contributed by atoms with van der Waals surface area (Å²) in [6, 6.07) is 9.40. The maximum Gasteiger partial charge on any atom is 0.573 e. The molecule has 9 heteroatoms. The molecule has 2 aromatic rings. The molecule has 0 aliphatic carbocycles. The summed E-state index contributed by atoms with van der Waals surface area (Å²) in [5.74, 6) is -0.105. The standard InChI is InChI=1S/C16H19F3N4OS/c1-23(2)13(14-4-3-9-25-14)10-21-15(20)22-11-5-7-12(8-6-11)24-16(17,18)19/h3-9,13H,10H2,1-2H3,(H3,20,21,22). The number of nitrogens with zero attached hydrogens (tertiary/aromatic N) is 2. The minimum absolute atomic E-state index is 0.0999. The molecule has 0 bridgehead atoms. The highest BCUT2D eigenvalue weighted by Gasteiger charge is 2.30. The summed E-state index contributed by atoms with van der Waals surface area (Å²) < 4.78 is 40.2. The average Bonchev–Trinajstić information content (AvgIpc) is 3.02. The Kier molecular flexibility index (Phi) is 6.27. The van der Waals surface area contributed by atoms with E-state index in [0.717, 1.165) is 0 Å². The quantitative estimate of drug-likeness (QED) is 0.600. The van der Waals surface area contributed by atoms with Gasteiger partial charge in [0, 0.05) is 10.6 Å². The van der Waals surface area contributed by atoms with Crippen molar-refractivity contribution in [2.24, 2.45) is 10.7 Å². The van der Waals surface area contributed by atoms with Crippen molar-refractivity contribution >= 4 is 23.0 Å². The summed E-state index contributed by atoms with van der Waals surface area (Å²) >= 11 is 1.64. The Morgan fingerprint density at radius 2 is 1.96 bits per heavy atom. The lowest BCUT2D eigenvalue weighted by molar-refractivity contribution is -0.274. The van der Waals surface area contributed by atoms with Crippen LogP contribution in [-0.2, 0) is 0 Å². The van der Waals surface area contributed by atoms with E-state index in [-0.39, 0.29) is 17.8 Å². The van der Waals surface area contributed by atoms with Crippen LogP contribution in [0.3, 0.4) is 0 Å². The van der Waals surface area contributed by atoms with Gasteiger partial charge < -0.3 is 20.7 Å². The molecule has 1 atom stereocenters. The number of aliphatic imine (C=N–C) groups is 1. The van der Waals surface area contributed by atoms with E-state index in [1.165, 1.54) is 29.1 Å². The Balaban J connectivity index is 1.96. The Morgan fingerprint density at radius 3 is 2.48 bits per heavy atom. The van der Waals surface area contributed by atoms with Crippen LogP contribution in [0.25, 0.3) is 0 Å². The van der Waals surface area contributed by atoms with Crippen molar-refractivity contribution in [1.82, 2.24) is 4.90 Å². The van der Waals surface area contributed by atoms with E-state index in [1.54, 1.807) is 11.3 Å². The molecule has 1 aromatic carbocycles. The average molecular weight is 372 g/mol. The van der Waals surface area contributed by atoms with Gasteiger partial charge in [-0.25, -0.2) is 0 Å². The van der Waals surface area contributed by atoms with Crippen LogP contribution in [0.5, 0.6) is 5.75 Å². The van der Waals surface area contributed by atoms with Crippen molar-refractivity contribution in [3.8, 4) is 5.75 Å². The van der Waals surface area contributed by atoms with Crippen molar-refractivity contribution in [3.05, 3.63) is 46.7 Å². The van der Waals surface area contributed by atoms with Gasteiger partial charge >= 0.3 is 6.36 Å². The molecule has 1 heterocycles. The number of guanidine groups is 1. The maximum absolute atomic E-state index is 12.1. The number of hydrogen-bond acceptors (Lipinski definition) is 4. The number of anilines is 1. The van der Waals surface area contributed by atoms with Gasteiger partial charge in [-0.05, 0) is 49.8 Å². The summed E-state index contributed by atoms with van der Waals surface area (Å²) in [7, 11) is 3.92. The van der Waals surface area contributed by atoms with E-state index in [4.69, 9.17) is 5.73 Å². The predicted molar refractivity (Wildman–Crippen MR) is 94.0 cm³/mol. The van der Waals surface area contributed by atoms with Crippen LogP contribution < -0.4 is 15.8 Å². The summed E-state index contributed by atoms with van der Waals surface area (Å²) in [4.78, 5) is 7.54. The number of nitrogens with two attached hydrogens (primary N) is 1. The molecule has 0 aliphatic heterocycles. The number of nitrogens with one attached hydrogen (secondary N) is 1. The smallest absolute Gasteiger partial charge is 0.406 e. The summed E-state index contributed by atoms with van der Waals surface area (Å²) in [5.41, 5.74) is 6.38. The number of rotatable bonds is 6. The van der Waals surface area contributed by atoms with Gasteiger partial charge in [-0.2, -0.15) is 0 Å². The van der Waals surface area contributed by atoms with E-state index >= 15 is 0 Å². The van der Waals surface area contributed by atoms with Gasteiger partial charge in [0.2, 0.25) is 0 Å². The molecule has 25 heavy (non-hydrogen) atoms. The molecule has 1 aromatic heterocycles. The molecule has 1 unspecified atom stereocenters. The zero-order chi connectivity index (χ0) is 18.4. The molecule has 0 saturated heterocycles. The SMILES string of the molecule is CN(C)C(CN=C(N)Nc1ccc(OC(F)(F)F)cc1)c1cccs1. The zero-order valence-electron chi connectivity index (χ0n) is 13.7. The molecule has 0 radical (unpaired) electrons. The molecule has 0 spiro atoms. The lowest BCUT2D eigenvalue weighted by Crippen LogP contribution is -2.26. The van der Waals surface area contributed by atoms with Crippen LogP contribution in [0.1, 0.15) is 10.9 Å². The number of ether oxygens (including phenoxy) is 1. The maximum atomic E-state index is 12.1. The lowest BCUT2D eigenvalue weighted by atomic mass is 10.2. The Hall–Kier alpha value is -2.26. The van der Waals surface area contributed by atoms with Gasteiger partial charge in [0.25, 0.3) is 0 Å². The second kappa shape index (κ2) is 8.21. The minimum atomic E-state index is -4.71. The third-order valence-corrected chi connectivity index (χ3v) is 4.26. The van der Waals surface area contributed by atoms with Crippen LogP contribution in [-0.4, -0.2) is 37.9 Å². The second-order valence-corrected chi connectivity index (χ2v) is 6.40. The number of hydrogen-bond donors (Lipinski definition) is 2. The largest absolute Gasteiger partial charge is 0.573 e. The Labute approximate surface area is 147 Å². The molecule has 2 rings (SSSR count). The van der Waals surface area contributed by atoms with Gasteiger partial charge in [0.1, 0.15) is 5.75 Å². The first-order chi connectivity index (χ1) is 11.7. The number of benzene rings is 1. The third-order valence-electron chi connectivity index (χ3n) is 3.29. The minimum Gasteiger partial charge on any atom is -0.406 e. The molecule has 3 N–H and O–H groups in total. The van der Waals surface area contributed by atoms with E-state index < -0.39 is 6.36 Å². The highest BCUT2D eigenvalue weighted by atomic mass is 32.1. The molecule has 0 aliphatic rings. The molecule has 136 valence electrons. The van der Waals surface area contributed by atoms with E-state index in [2.05, 4.69) is 15.0 Å². The monoisotopic (exact) mass is 372 g/mol. The topological polar surface area (TPSA) is 62.9 Å². The van der Waals surface area contributed by atoms with Gasteiger partial charge in [-0.1, -0.05) is 6.07 Å². The summed E-state index contributed by atoms with van der Waals surface area (Å²) in [6.45, 7) is 0.460. The predicted octanol–water partition coefficient (Wildman–Crippen LogP) is 3.68. The Morgan fingerprint density at radius 1 is 1.28 bits per heavy atom. The van der Waals surface area contributed by atoms with E-state index in [0.29, 0.717) is 12.2 Å². The van der Waals surface area contributed by atoms with Crippen molar-refractivity contribution in [2.45, 2.75) is 12.4 Å². The van der Waals surface area contributed by atoms with Crippen molar-refractivity contribution in [3.63, 3.8) is 0 Å². The first-order valence-electron chi connectivity index (χ1n) is 7.37. The van der Waals surface area contributed by atoms with Crippen LogP contribution in [0, 0.1) is 0 Å². The summed E-state index contributed by atoms with van der Waals surface area (Å²) in [6.07, 6.45) is -4.71. The fourth-order valence-corrected chi connectivity index (χ4v) is 3.01. The normalized spacial score (nSPS) is 13.8. The lowest BCUT2D eigenvalue weighted by Gasteiger charge is -2.21. The highest BCUT2D eigenvalue weighted by molar-refractivity contribution is 7.10. The molecule has 0 amide bonds. The van der Waals surface area contributed by atoms with Gasteiger partial charge in [0.15, 0.2) is 5.96 Å². The van der Waals surface area contributed by atoms with Crippen LogP contribution >= 0.6 is 11.3 Å². The van der Waals surface area contributed by atoms with Crippen LogP contribution in [0.15, 0.2) is 46.8 Å². The molecule has 0 fully saturated rings. The van der Waals surface area contributed by atoms with Gasteiger partial charge in [0.05, 0.1) is 12.6 Å². The zero-order valence-corrected chi connectivity index (χ0v) is 14.6. The van der Waals surface area contributed by atoms with Crippen molar-refractivity contribution < 1.29 is 17.9 Å². The van der Waals surface area contributed by atoms with E-state index in [9.17, 15) is 13.2 Å². The van der Waals surface area contributed by atoms with Crippen molar-refractivity contribution in [2.75, 3.05) is 26.0 Å². The third kappa shape index (κ3) is 6.28. The highest BCUT2D eigenvalue weighted by Crippen LogP contribution is 2.25. The van der Waals surface area contributed by atoms with Gasteiger partial charge in [-0.3, -0.25) is 4.99 Å². The fourth-order valence-electron chi connectivity index (χ4n) is 2.10. The second-order valence-electron chi connectivity index (χ2n) is 5.42. The number of halogens is 3. The molecule has 0 saturated carbocycles.